The van der Waals surface area contributed by atoms with Crippen LogP contribution in [0.3, 0.4) is 0 Å². The standard InChI is InChI=1S/C23H24N/c1-19-15-16-21-13-7-8-14-22(21)23(19)18-24(2,3)17-9-12-20-10-5-4-6-11-20/h4-8,10-11,13-16H,17-18H2,1-3H3/q+1. The highest BCUT2D eigenvalue weighted by atomic mass is 15.3. The normalized spacial score (nSPS) is 11.1. The van der Waals surface area contributed by atoms with Crippen molar-refractivity contribution < 1.29 is 4.48 Å². The van der Waals surface area contributed by atoms with E-state index in [4.69, 9.17) is 0 Å². The van der Waals surface area contributed by atoms with Gasteiger partial charge in [0.05, 0.1) is 14.1 Å². The minimum absolute atomic E-state index is 0.831. The quantitative estimate of drug-likeness (QED) is 0.482. The minimum Gasteiger partial charge on any atom is -0.315 e. The topological polar surface area (TPSA) is 0 Å². The molecule has 0 amide bonds. The molecule has 0 aliphatic rings. The SMILES string of the molecule is Cc1ccc2ccccc2c1C[N+](C)(C)CC#Cc1ccccc1. The molecule has 0 fully saturated rings. The van der Waals surface area contributed by atoms with Gasteiger partial charge in [0.2, 0.25) is 0 Å². The van der Waals surface area contributed by atoms with E-state index in [9.17, 15) is 0 Å². The van der Waals surface area contributed by atoms with Crippen molar-refractivity contribution in [3.63, 3.8) is 0 Å². The Morgan fingerprint density at radius 2 is 1.54 bits per heavy atom. The van der Waals surface area contributed by atoms with E-state index in [1.807, 2.05) is 18.2 Å². The fourth-order valence-corrected chi connectivity index (χ4v) is 3.02. The van der Waals surface area contributed by atoms with Crippen molar-refractivity contribution in [3.8, 4) is 11.8 Å². The Labute approximate surface area is 145 Å². The number of benzene rings is 3. The fourth-order valence-electron chi connectivity index (χ4n) is 3.02. The molecule has 0 bridgehead atoms. The summed E-state index contributed by atoms with van der Waals surface area (Å²) in [6, 6.07) is 23.3. The summed E-state index contributed by atoms with van der Waals surface area (Å²) in [7, 11) is 4.50. The Bertz CT molecular complexity index is 895. The highest BCUT2D eigenvalue weighted by molar-refractivity contribution is 5.86. The zero-order valence-electron chi connectivity index (χ0n) is 14.7. The van der Waals surface area contributed by atoms with Gasteiger partial charge in [0.15, 0.2) is 0 Å². The molecular weight excluding hydrogens is 290 g/mol. The van der Waals surface area contributed by atoms with Crippen LogP contribution in [0.1, 0.15) is 16.7 Å². The molecular formula is C23H24N+. The Morgan fingerprint density at radius 1 is 0.833 bits per heavy atom. The predicted molar refractivity (Wildman–Crippen MR) is 103 cm³/mol. The molecule has 1 heteroatoms. The maximum absolute atomic E-state index is 3.35. The van der Waals surface area contributed by atoms with E-state index in [2.05, 4.69) is 81.4 Å². The van der Waals surface area contributed by atoms with Gasteiger partial charge in [-0.25, -0.2) is 0 Å². The lowest BCUT2D eigenvalue weighted by Crippen LogP contribution is -2.39. The molecule has 3 aromatic rings. The number of rotatable bonds is 3. The summed E-state index contributed by atoms with van der Waals surface area (Å²) in [4.78, 5) is 0. The molecule has 24 heavy (non-hydrogen) atoms. The van der Waals surface area contributed by atoms with E-state index in [1.165, 1.54) is 21.9 Å². The summed E-state index contributed by atoms with van der Waals surface area (Å²) in [6.45, 7) is 4.02. The molecule has 0 heterocycles. The van der Waals surface area contributed by atoms with Crippen molar-refractivity contribution in [2.24, 2.45) is 0 Å². The minimum atomic E-state index is 0.831. The van der Waals surface area contributed by atoms with Crippen LogP contribution < -0.4 is 0 Å². The van der Waals surface area contributed by atoms with Crippen LogP contribution in [0.5, 0.6) is 0 Å². The number of quaternary nitrogens is 1. The first-order chi connectivity index (χ1) is 11.6. The lowest BCUT2D eigenvalue weighted by Gasteiger charge is -2.29. The third-order valence-electron chi connectivity index (χ3n) is 4.37. The first kappa shape index (κ1) is 16.3. The third kappa shape index (κ3) is 3.85. The summed E-state index contributed by atoms with van der Waals surface area (Å²) in [5.41, 5.74) is 3.87. The summed E-state index contributed by atoms with van der Waals surface area (Å²) in [5.74, 6) is 6.62. The van der Waals surface area contributed by atoms with Gasteiger partial charge in [0.25, 0.3) is 0 Å². The molecule has 3 aromatic carbocycles. The van der Waals surface area contributed by atoms with E-state index in [0.717, 1.165) is 23.1 Å². The van der Waals surface area contributed by atoms with Gasteiger partial charge < -0.3 is 4.48 Å². The van der Waals surface area contributed by atoms with Crippen molar-refractivity contribution in [3.05, 3.63) is 83.4 Å². The molecule has 0 saturated carbocycles. The summed E-state index contributed by atoms with van der Waals surface area (Å²) < 4.78 is 0.856. The fraction of sp³-hybridized carbons (Fsp3) is 0.217. The van der Waals surface area contributed by atoms with E-state index in [0.29, 0.717) is 0 Å². The number of nitrogens with zero attached hydrogens (tertiary/aromatic N) is 1. The van der Waals surface area contributed by atoms with Crippen molar-refractivity contribution in [1.82, 2.24) is 0 Å². The van der Waals surface area contributed by atoms with Gasteiger partial charge in [0, 0.05) is 11.1 Å². The average Bonchev–Trinajstić information content (AvgIpc) is 2.58. The first-order valence-electron chi connectivity index (χ1n) is 8.38. The zero-order chi connectivity index (χ0) is 17.0. The van der Waals surface area contributed by atoms with Crippen LogP contribution in [0.4, 0.5) is 0 Å². The number of aryl methyl sites for hydroxylation is 1. The predicted octanol–water partition coefficient (Wildman–Crippen LogP) is 4.78. The van der Waals surface area contributed by atoms with E-state index in [1.54, 1.807) is 0 Å². The van der Waals surface area contributed by atoms with Crippen molar-refractivity contribution in [1.29, 1.82) is 0 Å². The lowest BCUT2D eigenvalue weighted by atomic mass is 9.99. The molecule has 120 valence electrons. The van der Waals surface area contributed by atoms with Crippen LogP contribution in [-0.4, -0.2) is 25.1 Å². The molecule has 0 N–H and O–H groups in total. The van der Waals surface area contributed by atoms with Crippen LogP contribution in [0.2, 0.25) is 0 Å². The monoisotopic (exact) mass is 314 g/mol. The number of hydrogen-bond acceptors (Lipinski definition) is 0. The first-order valence-corrected chi connectivity index (χ1v) is 8.38. The smallest absolute Gasteiger partial charge is 0.141 e. The lowest BCUT2D eigenvalue weighted by molar-refractivity contribution is -0.896. The Balaban J connectivity index is 1.82. The molecule has 1 nitrogen and oxygen atoms in total. The van der Waals surface area contributed by atoms with Crippen LogP contribution in [0, 0.1) is 18.8 Å². The molecule has 0 aliphatic carbocycles. The number of hydrogen-bond donors (Lipinski definition) is 0. The maximum Gasteiger partial charge on any atom is 0.141 e. The van der Waals surface area contributed by atoms with Crippen LogP contribution in [0.15, 0.2) is 66.7 Å². The molecule has 0 aliphatic heterocycles. The Morgan fingerprint density at radius 3 is 2.33 bits per heavy atom. The van der Waals surface area contributed by atoms with Crippen molar-refractivity contribution >= 4 is 10.8 Å². The van der Waals surface area contributed by atoms with Gasteiger partial charge in [0.1, 0.15) is 13.1 Å². The second kappa shape index (κ2) is 6.91. The zero-order valence-corrected chi connectivity index (χ0v) is 14.7. The van der Waals surface area contributed by atoms with Crippen LogP contribution in [0.25, 0.3) is 10.8 Å². The Kier molecular flexibility index (Phi) is 4.69. The van der Waals surface area contributed by atoms with E-state index >= 15 is 0 Å². The highest BCUT2D eigenvalue weighted by Gasteiger charge is 2.17. The highest BCUT2D eigenvalue weighted by Crippen LogP contribution is 2.24. The molecule has 0 spiro atoms. The molecule has 0 unspecified atom stereocenters. The molecule has 0 saturated heterocycles. The summed E-state index contributed by atoms with van der Waals surface area (Å²) >= 11 is 0. The van der Waals surface area contributed by atoms with Gasteiger partial charge in [-0.05, 0) is 41.3 Å². The average molecular weight is 314 g/mol. The Hall–Kier alpha value is -2.56. The largest absolute Gasteiger partial charge is 0.315 e. The molecule has 0 atom stereocenters. The molecule has 3 rings (SSSR count). The molecule has 0 aromatic heterocycles. The van der Waals surface area contributed by atoms with Gasteiger partial charge in [-0.3, -0.25) is 0 Å². The van der Waals surface area contributed by atoms with Crippen molar-refractivity contribution in [2.75, 3.05) is 20.6 Å². The van der Waals surface area contributed by atoms with Gasteiger partial charge in [-0.15, -0.1) is 0 Å². The summed E-state index contributed by atoms with van der Waals surface area (Å²) in [5, 5.41) is 2.67. The van der Waals surface area contributed by atoms with Gasteiger partial charge in [-0.2, -0.15) is 0 Å². The van der Waals surface area contributed by atoms with Crippen molar-refractivity contribution in [2.45, 2.75) is 13.5 Å². The van der Waals surface area contributed by atoms with E-state index in [-0.39, 0.29) is 0 Å². The summed E-state index contributed by atoms with van der Waals surface area (Å²) in [6.07, 6.45) is 0. The second-order valence-corrected chi connectivity index (χ2v) is 7.00. The number of fused-ring (bicyclic) bond motifs is 1. The van der Waals surface area contributed by atoms with Crippen LogP contribution in [-0.2, 0) is 6.54 Å². The van der Waals surface area contributed by atoms with Gasteiger partial charge >= 0.3 is 0 Å². The van der Waals surface area contributed by atoms with Crippen LogP contribution >= 0.6 is 0 Å². The van der Waals surface area contributed by atoms with E-state index < -0.39 is 0 Å². The van der Waals surface area contributed by atoms with Gasteiger partial charge in [-0.1, -0.05) is 60.5 Å². The second-order valence-electron chi connectivity index (χ2n) is 7.00. The maximum atomic E-state index is 3.35. The molecule has 0 radical (unpaired) electrons. The third-order valence-corrected chi connectivity index (χ3v) is 4.37.